The van der Waals surface area contributed by atoms with Crippen molar-refractivity contribution in [2.45, 2.75) is 13.0 Å². The SMILES string of the molecule is COCCNCC(=O)NC(C)c1cccc(-n2cccn2)c1.Cl. The minimum atomic E-state index is -0.0627. The van der Waals surface area contributed by atoms with Crippen molar-refractivity contribution in [2.24, 2.45) is 0 Å². The van der Waals surface area contributed by atoms with Crippen LogP contribution in [0.25, 0.3) is 5.69 Å². The molecular formula is C16H23ClN4O2. The number of halogens is 1. The Hall–Kier alpha value is -1.89. The molecule has 2 N–H and O–H groups in total. The number of hydrogen-bond donors (Lipinski definition) is 2. The normalized spacial score (nSPS) is 11.6. The largest absolute Gasteiger partial charge is 0.383 e. The van der Waals surface area contributed by atoms with Gasteiger partial charge in [-0.25, -0.2) is 4.68 Å². The van der Waals surface area contributed by atoms with Gasteiger partial charge >= 0.3 is 0 Å². The zero-order chi connectivity index (χ0) is 15.8. The van der Waals surface area contributed by atoms with Crippen LogP contribution in [0.1, 0.15) is 18.5 Å². The van der Waals surface area contributed by atoms with E-state index in [1.807, 2.05) is 43.5 Å². The average Bonchev–Trinajstić information content (AvgIpc) is 3.06. The van der Waals surface area contributed by atoms with Crippen LogP contribution in [0, 0.1) is 0 Å². The molecule has 1 heterocycles. The number of hydrogen-bond acceptors (Lipinski definition) is 4. The fraction of sp³-hybridized carbons (Fsp3) is 0.375. The first-order valence-electron chi connectivity index (χ1n) is 7.29. The molecule has 0 fully saturated rings. The number of aromatic nitrogens is 2. The van der Waals surface area contributed by atoms with Gasteiger partial charge in [0.05, 0.1) is 24.9 Å². The van der Waals surface area contributed by atoms with E-state index in [0.717, 1.165) is 11.3 Å². The second-order valence-corrected chi connectivity index (χ2v) is 5.00. The fourth-order valence-corrected chi connectivity index (χ4v) is 2.11. The quantitative estimate of drug-likeness (QED) is 0.719. The number of amides is 1. The van der Waals surface area contributed by atoms with Crippen LogP contribution in [0.2, 0.25) is 0 Å². The molecule has 6 nitrogen and oxygen atoms in total. The first-order chi connectivity index (χ1) is 10.7. The summed E-state index contributed by atoms with van der Waals surface area (Å²) < 4.78 is 6.72. The third-order valence-corrected chi connectivity index (χ3v) is 3.29. The van der Waals surface area contributed by atoms with Crippen molar-refractivity contribution in [3.05, 3.63) is 48.3 Å². The van der Waals surface area contributed by atoms with Gasteiger partial charge in [-0.15, -0.1) is 12.4 Å². The number of nitrogens with one attached hydrogen (secondary N) is 2. The van der Waals surface area contributed by atoms with Crippen molar-refractivity contribution < 1.29 is 9.53 Å². The molecule has 0 spiro atoms. The summed E-state index contributed by atoms with van der Waals surface area (Å²) >= 11 is 0. The minimum absolute atomic E-state index is 0. The zero-order valence-electron chi connectivity index (χ0n) is 13.4. The van der Waals surface area contributed by atoms with Crippen LogP contribution in [0.3, 0.4) is 0 Å². The summed E-state index contributed by atoms with van der Waals surface area (Å²) in [7, 11) is 1.64. The van der Waals surface area contributed by atoms with Crippen LogP contribution in [-0.4, -0.2) is 42.5 Å². The van der Waals surface area contributed by atoms with Gasteiger partial charge in [0.15, 0.2) is 0 Å². The van der Waals surface area contributed by atoms with Crippen LogP contribution in [0.5, 0.6) is 0 Å². The van der Waals surface area contributed by atoms with Gasteiger partial charge in [0.1, 0.15) is 0 Å². The summed E-state index contributed by atoms with van der Waals surface area (Å²) in [6, 6.07) is 9.78. The molecule has 1 unspecified atom stereocenters. The van der Waals surface area contributed by atoms with Crippen LogP contribution >= 0.6 is 12.4 Å². The molecule has 0 radical (unpaired) electrons. The number of nitrogens with zero attached hydrogens (tertiary/aromatic N) is 2. The van der Waals surface area contributed by atoms with Gasteiger partial charge < -0.3 is 15.4 Å². The maximum Gasteiger partial charge on any atom is 0.234 e. The van der Waals surface area contributed by atoms with Crippen molar-refractivity contribution >= 4 is 18.3 Å². The standard InChI is InChI=1S/C16H22N4O2.ClH/c1-13(19-16(21)12-17-8-10-22-2)14-5-3-6-15(11-14)20-9-4-7-18-20;/h3-7,9,11,13,17H,8,10,12H2,1-2H3,(H,19,21);1H. The Bertz CT molecular complexity index is 590. The van der Waals surface area contributed by atoms with Gasteiger partial charge in [0, 0.05) is 26.0 Å². The van der Waals surface area contributed by atoms with Gasteiger partial charge in [-0.3, -0.25) is 4.79 Å². The number of methoxy groups -OCH3 is 1. The molecule has 2 aromatic rings. The number of ether oxygens (including phenoxy) is 1. The smallest absolute Gasteiger partial charge is 0.234 e. The molecule has 1 atom stereocenters. The highest BCUT2D eigenvalue weighted by molar-refractivity contribution is 5.85. The van der Waals surface area contributed by atoms with E-state index in [4.69, 9.17) is 4.74 Å². The van der Waals surface area contributed by atoms with E-state index in [9.17, 15) is 4.79 Å². The van der Waals surface area contributed by atoms with Crippen molar-refractivity contribution in [1.82, 2.24) is 20.4 Å². The molecule has 0 saturated heterocycles. The Labute approximate surface area is 142 Å². The van der Waals surface area contributed by atoms with Crippen LogP contribution in [0.4, 0.5) is 0 Å². The van der Waals surface area contributed by atoms with E-state index in [1.54, 1.807) is 18.0 Å². The third kappa shape index (κ3) is 6.02. The lowest BCUT2D eigenvalue weighted by Gasteiger charge is -2.15. The molecule has 23 heavy (non-hydrogen) atoms. The van der Waals surface area contributed by atoms with E-state index < -0.39 is 0 Å². The summed E-state index contributed by atoms with van der Waals surface area (Å²) in [5.74, 6) is -0.0342. The molecule has 1 amide bonds. The molecule has 0 aliphatic heterocycles. The molecule has 1 aromatic carbocycles. The number of carbonyl (C=O) groups excluding carboxylic acids is 1. The first kappa shape index (κ1) is 19.2. The van der Waals surface area contributed by atoms with Crippen LogP contribution in [-0.2, 0) is 9.53 Å². The lowest BCUT2D eigenvalue weighted by Crippen LogP contribution is -2.36. The van der Waals surface area contributed by atoms with Gasteiger partial charge in [-0.1, -0.05) is 12.1 Å². The summed E-state index contributed by atoms with van der Waals surface area (Å²) in [6.07, 6.45) is 3.63. The van der Waals surface area contributed by atoms with Crippen LogP contribution < -0.4 is 10.6 Å². The zero-order valence-corrected chi connectivity index (χ0v) is 14.2. The fourth-order valence-electron chi connectivity index (χ4n) is 2.11. The topological polar surface area (TPSA) is 68.2 Å². The number of rotatable bonds is 8. The highest BCUT2D eigenvalue weighted by Crippen LogP contribution is 2.16. The second-order valence-electron chi connectivity index (χ2n) is 5.00. The molecule has 2 rings (SSSR count). The summed E-state index contributed by atoms with van der Waals surface area (Å²) in [5, 5.41) is 10.2. The monoisotopic (exact) mass is 338 g/mol. The Balaban J connectivity index is 0.00000264. The van der Waals surface area contributed by atoms with Gasteiger partial charge in [0.25, 0.3) is 0 Å². The lowest BCUT2D eigenvalue weighted by molar-refractivity contribution is -0.120. The Kier molecular flexibility index (Phi) is 8.32. The van der Waals surface area contributed by atoms with E-state index >= 15 is 0 Å². The lowest BCUT2D eigenvalue weighted by atomic mass is 10.1. The summed E-state index contributed by atoms with van der Waals surface area (Å²) in [6.45, 7) is 3.50. The van der Waals surface area contributed by atoms with Gasteiger partial charge in [0.2, 0.25) is 5.91 Å². The molecule has 0 aliphatic carbocycles. The minimum Gasteiger partial charge on any atom is -0.383 e. The molecular weight excluding hydrogens is 316 g/mol. The van der Waals surface area contributed by atoms with E-state index in [0.29, 0.717) is 13.2 Å². The van der Waals surface area contributed by atoms with Crippen molar-refractivity contribution in [1.29, 1.82) is 0 Å². The van der Waals surface area contributed by atoms with E-state index in [1.165, 1.54) is 0 Å². The number of carbonyl (C=O) groups is 1. The van der Waals surface area contributed by atoms with Crippen molar-refractivity contribution in [3.8, 4) is 5.69 Å². The molecule has 126 valence electrons. The molecule has 0 saturated carbocycles. The van der Waals surface area contributed by atoms with Gasteiger partial charge in [-0.2, -0.15) is 5.10 Å². The van der Waals surface area contributed by atoms with E-state index in [2.05, 4.69) is 15.7 Å². The van der Waals surface area contributed by atoms with E-state index in [-0.39, 0.29) is 30.9 Å². The Morgan fingerprint density at radius 3 is 2.91 bits per heavy atom. The Morgan fingerprint density at radius 2 is 2.22 bits per heavy atom. The van der Waals surface area contributed by atoms with Crippen molar-refractivity contribution in [3.63, 3.8) is 0 Å². The molecule has 1 aromatic heterocycles. The third-order valence-electron chi connectivity index (χ3n) is 3.29. The maximum atomic E-state index is 11.9. The first-order valence-corrected chi connectivity index (χ1v) is 7.29. The predicted octanol–water partition coefficient (Wildman–Crippen LogP) is 1.71. The maximum absolute atomic E-state index is 11.9. The summed E-state index contributed by atoms with van der Waals surface area (Å²) in [5.41, 5.74) is 2.01. The number of benzene rings is 1. The molecule has 7 heteroatoms. The van der Waals surface area contributed by atoms with Gasteiger partial charge in [-0.05, 0) is 30.7 Å². The van der Waals surface area contributed by atoms with Crippen LogP contribution in [0.15, 0.2) is 42.7 Å². The molecule has 0 bridgehead atoms. The average molecular weight is 339 g/mol. The highest BCUT2D eigenvalue weighted by atomic mass is 35.5. The predicted molar refractivity (Wildman–Crippen MR) is 92.1 cm³/mol. The summed E-state index contributed by atoms with van der Waals surface area (Å²) in [4.78, 5) is 11.9. The Morgan fingerprint density at radius 1 is 1.39 bits per heavy atom. The highest BCUT2D eigenvalue weighted by Gasteiger charge is 2.10. The van der Waals surface area contributed by atoms with Crippen molar-refractivity contribution in [2.75, 3.05) is 26.8 Å². The second kappa shape index (κ2) is 9.99. The molecule has 0 aliphatic rings.